The van der Waals surface area contributed by atoms with Gasteiger partial charge in [0.25, 0.3) is 0 Å². The first-order valence-electron chi connectivity index (χ1n) is 8.29. The maximum Gasteiger partial charge on any atom is 0.220 e. The molecule has 0 aromatic heterocycles. The predicted octanol–water partition coefficient (Wildman–Crippen LogP) is 2.64. The largest absolute Gasteiger partial charge is 0.381 e. The third-order valence-electron chi connectivity index (χ3n) is 4.72. The molecule has 124 valence electrons. The molecule has 0 heterocycles. The van der Waals surface area contributed by atoms with E-state index in [0.29, 0.717) is 13.0 Å². The predicted molar refractivity (Wildman–Crippen MR) is 87.6 cm³/mol. The first kappa shape index (κ1) is 18.7. The molecule has 2 saturated carbocycles. The van der Waals surface area contributed by atoms with Crippen molar-refractivity contribution in [1.29, 1.82) is 0 Å². The van der Waals surface area contributed by atoms with Gasteiger partial charge in [0, 0.05) is 26.2 Å². The van der Waals surface area contributed by atoms with Crippen LogP contribution in [0, 0.1) is 11.3 Å². The summed E-state index contributed by atoms with van der Waals surface area (Å²) in [6, 6.07) is 0. The highest BCUT2D eigenvalue weighted by atomic mass is 35.5. The number of nitrogens with one attached hydrogen (secondary N) is 1. The standard InChI is InChI=1S/C16H30N2O2.ClH/c17-13-16(7-2-1-3-8-16)11-15(19)18-9-4-10-20-12-14-5-6-14;/h14H,1-13,17H2,(H,18,19);1H. The van der Waals surface area contributed by atoms with Crippen LogP contribution in [-0.2, 0) is 9.53 Å². The number of ether oxygens (including phenoxy) is 1. The minimum absolute atomic E-state index is 0. The van der Waals surface area contributed by atoms with Crippen LogP contribution in [0.15, 0.2) is 0 Å². The topological polar surface area (TPSA) is 64.4 Å². The van der Waals surface area contributed by atoms with Crippen LogP contribution < -0.4 is 11.1 Å². The molecule has 2 rings (SSSR count). The fourth-order valence-corrected chi connectivity index (χ4v) is 3.09. The van der Waals surface area contributed by atoms with Crippen molar-refractivity contribution in [2.45, 2.75) is 57.8 Å². The molecule has 0 radical (unpaired) electrons. The van der Waals surface area contributed by atoms with Crippen molar-refractivity contribution < 1.29 is 9.53 Å². The number of rotatable bonds is 9. The van der Waals surface area contributed by atoms with Gasteiger partial charge in [-0.15, -0.1) is 12.4 Å². The normalized spacial score (nSPS) is 20.6. The number of hydrogen-bond donors (Lipinski definition) is 2. The summed E-state index contributed by atoms with van der Waals surface area (Å²) in [6.45, 7) is 3.04. The minimum Gasteiger partial charge on any atom is -0.381 e. The van der Waals surface area contributed by atoms with E-state index in [2.05, 4.69) is 5.32 Å². The van der Waals surface area contributed by atoms with E-state index in [9.17, 15) is 4.79 Å². The Labute approximate surface area is 135 Å². The number of carbonyl (C=O) groups is 1. The van der Waals surface area contributed by atoms with Gasteiger partial charge < -0.3 is 15.8 Å². The minimum atomic E-state index is 0. The lowest BCUT2D eigenvalue weighted by Crippen LogP contribution is -2.39. The second-order valence-electron chi connectivity index (χ2n) is 6.66. The van der Waals surface area contributed by atoms with Crippen LogP contribution in [0.5, 0.6) is 0 Å². The summed E-state index contributed by atoms with van der Waals surface area (Å²) >= 11 is 0. The summed E-state index contributed by atoms with van der Waals surface area (Å²) in [5.41, 5.74) is 5.99. The van der Waals surface area contributed by atoms with Crippen LogP contribution in [0.4, 0.5) is 0 Å². The van der Waals surface area contributed by atoms with Crippen molar-refractivity contribution in [3.8, 4) is 0 Å². The zero-order valence-corrected chi connectivity index (χ0v) is 13.9. The highest BCUT2D eigenvalue weighted by Gasteiger charge is 2.32. The van der Waals surface area contributed by atoms with Gasteiger partial charge in [-0.25, -0.2) is 0 Å². The highest BCUT2D eigenvalue weighted by molar-refractivity contribution is 5.85. The monoisotopic (exact) mass is 318 g/mol. The molecule has 0 aromatic rings. The van der Waals surface area contributed by atoms with E-state index in [-0.39, 0.29) is 23.7 Å². The molecule has 0 spiro atoms. The summed E-state index contributed by atoms with van der Waals surface area (Å²) in [7, 11) is 0. The van der Waals surface area contributed by atoms with Gasteiger partial charge in [-0.3, -0.25) is 4.79 Å². The molecule has 0 unspecified atom stereocenters. The molecule has 21 heavy (non-hydrogen) atoms. The molecule has 0 aliphatic heterocycles. The number of amides is 1. The Balaban J connectivity index is 0.00000220. The van der Waals surface area contributed by atoms with E-state index in [0.717, 1.165) is 44.9 Å². The van der Waals surface area contributed by atoms with Crippen LogP contribution in [0.1, 0.15) is 57.8 Å². The molecule has 3 N–H and O–H groups in total. The van der Waals surface area contributed by atoms with Gasteiger partial charge in [-0.1, -0.05) is 19.3 Å². The van der Waals surface area contributed by atoms with Crippen molar-refractivity contribution in [2.75, 3.05) is 26.3 Å². The highest BCUT2D eigenvalue weighted by Crippen LogP contribution is 2.38. The quantitative estimate of drug-likeness (QED) is 0.642. The fourth-order valence-electron chi connectivity index (χ4n) is 3.09. The molecule has 2 fully saturated rings. The third-order valence-corrected chi connectivity index (χ3v) is 4.72. The SMILES string of the molecule is Cl.NCC1(CC(=O)NCCCOCC2CC2)CCCCC1. The first-order chi connectivity index (χ1) is 9.74. The molecule has 2 aliphatic rings. The molecule has 2 aliphatic carbocycles. The molecular formula is C16H31ClN2O2. The van der Waals surface area contributed by atoms with Crippen LogP contribution in [0.3, 0.4) is 0 Å². The van der Waals surface area contributed by atoms with E-state index in [1.165, 1.54) is 32.1 Å². The van der Waals surface area contributed by atoms with Gasteiger partial charge in [0.2, 0.25) is 5.91 Å². The van der Waals surface area contributed by atoms with Crippen LogP contribution >= 0.6 is 12.4 Å². The van der Waals surface area contributed by atoms with E-state index < -0.39 is 0 Å². The molecular weight excluding hydrogens is 288 g/mol. The summed E-state index contributed by atoms with van der Waals surface area (Å²) in [5, 5.41) is 3.02. The molecule has 1 amide bonds. The van der Waals surface area contributed by atoms with Gasteiger partial charge in [0.05, 0.1) is 0 Å². The van der Waals surface area contributed by atoms with Gasteiger partial charge >= 0.3 is 0 Å². The molecule has 0 aromatic carbocycles. The maximum absolute atomic E-state index is 12.0. The molecule has 4 nitrogen and oxygen atoms in total. The number of halogens is 1. The Kier molecular flexibility index (Phi) is 8.60. The Hall–Kier alpha value is -0.320. The fraction of sp³-hybridized carbons (Fsp3) is 0.938. The van der Waals surface area contributed by atoms with E-state index in [1.807, 2.05) is 0 Å². The number of nitrogens with two attached hydrogens (primary N) is 1. The summed E-state index contributed by atoms with van der Waals surface area (Å²) in [6.07, 6.45) is 10.1. The second-order valence-corrected chi connectivity index (χ2v) is 6.66. The lowest BCUT2D eigenvalue weighted by Gasteiger charge is -2.35. The molecule has 0 bridgehead atoms. The summed E-state index contributed by atoms with van der Waals surface area (Å²) < 4.78 is 5.56. The zero-order valence-electron chi connectivity index (χ0n) is 13.1. The van der Waals surface area contributed by atoms with Gasteiger partial charge in [0.15, 0.2) is 0 Å². The van der Waals surface area contributed by atoms with Crippen molar-refractivity contribution in [2.24, 2.45) is 17.1 Å². The van der Waals surface area contributed by atoms with Gasteiger partial charge in [0.1, 0.15) is 0 Å². The van der Waals surface area contributed by atoms with Crippen LogP contribution in [0.25, 0.3) is 0 Å². The zero-order chi connectivity index (χ0) is 14.3. The lowest BCUT2D eigenvalue weighted by atomic mass is 9.71. The van der Waals surface area contributed by atoms with Gasteiger partial charge in [-0.2, -0.15) is 0 Å². The van der Waals surface area contributed by atoms with Crippen molar-refractivity contribution in [3.05, 3.63) is 0 Å². The smallest absolute Gasteiger partial charge is 0.220 e. The van der Waals surface area contributed by atoms with E-state index >= 15 is 0 Å². The average Bonchev–Trinajstić information content (AvgIpc) is 3.28. The number of carbonyl (C=O) groups excluding carboxylic acids is 1. The van der Waals surface area contributed by atoms with Crippen LogP contribution in [-0.4, -0.2) is 32.2 Å². The maximum atomic E-state index is 12.0. The Morgan fingerprint density at radius 3 is 2.57 bits per heavy atom. The van der Waals surface area contributed by atoms with Crippen molar-refractivity contribution in [3.63, 3.8) is 0 Å². The third kappa shape index (κ3) is 6.98. The molecule has 0 atom stereocenters. The van der Waals surface area contributed by atoms with Crippen LogP contribution in [0.2, 0.25) is 0 Å². The molecule has 5 heteroatoms. The van der Waals surface area contributed by atoms with E-state index in [1.54, 1.807) is 0 Å². The summed E-state index contributed by atoms with van der Waals surface area (Å²) in [5.74, 6) is 0.986. The lowest BCUT2D eigenvalue weighted by molar-refractivity contribution is -0.123. The Bertz CT molecular complexity index is 303. The second kappa shape index (κ2) is 9.65. The Morgan fingerprint density at radius 1 is 1.24 bits per heavy atom. The van der Waals surface area contributed by atoms with E-state index in [4.69, 9.17) is 10.5 Å². The van der Waals surface area contributed by atoms with Crippen molar-refractivity contribution >= 4 is 18.3 Å². The summed E-state index contributed by atoms with van der Waals surface area (Å²) in [4.78, 5) is 12.0. The Morgan fingerprint density at radius 2 is 1.95 bits per heavy atom. The van der Waals surface area contributed by atoms with Gasteiger partial charge in [-0.05, 0) is 50.0 Å². The molecule has 0 saturated heterocycles. The average molecular weight is 319 g/mol. The van der Waals surface area contributed by atoms with Crippen molar-refractivity contribution in [1.82, 2.24) is 5.32 Å². The number of hydrogen-bond acceptors (Lipinski definition) is 3. The first-order valence-corrected chi connectivity index (χ1v) is 8.29.